The van der Waals surface area contributed by atoms with Gasteiger partial charge in [-0.2, -0.15) is 0 Å². The lowest BCUT2D eigenvalue weighted by Gasteiger charge is -2.22. The number of nitrogens with one attached hydrogen (secondary N) is 1. The average molecular weight is 397 g/mol. The summed E-state index contributed by atoms with van der Waals surface area (Å²) in [5.74, 6) is 1.72. The molecule has 1 rings (SSSR count). The van der Waals surface area contributed by atoms with Gasteiger partial charge in [-0.1, -0.05) is 20.8 Å². The van der Waals surface area contributed by atoms with Crippen LogP contribution in [0, 0.1) is 11.3 Å². The first-order chi connectivity index (χ1) is 8.96. The van der Waals surface area contributed by atoms with E-state index in [0.29, 0.717) is 11.3 Å². The van der Waals surface area contributed by atoms with E-state index < -0.39 is 0 Å². The molecule has 1 heterocycles. The molecule has 0 bridgehead atoms. The van der Waals surface area contributed by atoms with Gasteiger partial charge in [0.15, 0.2) is 5.96 Å². The predicted molar refractivity (Wildman–Crippen MR) is 97.0 cm³/mol. The second-order valence-corrected chi connectivity index (χ2v) is 6.60. The van der Waals surface area contributed by atoms with Crippen LogP contribution in [0.3, 0.4) is 0 Å². The van der Waals surface area contributed by atoms with Gasteiger partial charge in [-0.05, 0) is 25.2 Å². The highest BCUT2D eigenvalue weighted by molar-refractivity contribution is 14.0. The quantitative estimate of drug-likeness (QED) is 0.440. The van der Waals surface area contributed by atoms with Crippen LogP contribution in [-0.4, -0.2) is 50.8 Å². The number of halogens is 1. The minimum absolute atomic E-state index is 0. The zero-order chi connectivity index (χ0) is 14.3. The van der Waals surface area contributed by atoms with Crippen molar-refractivity contribution in [1.82, 2.24) is 10.2 Å². The van der Waals surface area contributed by atoms with Crippen LogP contribution in [0.1, 0.15) is 40.5 Å². The molecule has 4 nitrogen and oxygen atoms in total. The second-order valence-electron chi connectivity index (χ2n) is 6.60. The molecule has 0 saturated carbocycles. The molecular weight excluding hydrogens is 365 g/mol. The molecular formula is C15H32IN3O. The van der Waals surface area contributed by atoms with Gasteiger partial charge in [-0.15, -0.1) is 24.0 Å². The minimum atomic E-state index is 0. The maximum atomic E-state index is 5.25. The molecule has 0 radical (unpaired) electrons. The van der Waals surface area contributed by atoms with Crippen LogP contribution in [0.2, 0.25) is 0 Å². The molecule has 1 aliphatic heterocycles. The summed E-state index contributed by atoms with van der Waals surface area (Å²) in [6.45, 7) is 13.8. The zero-order valence-electron chi connectivity index (χ0n) is 13.7. The summed E-state index contributed by atoms with van der Waals surface area (Å²) in [6, 6.07) is 0. The first kappa shape index (κ1) is 20.0. The summed E-state index contributed by atoms with van der Waals surface area (Å²) in [7, 11) is 1.78. The van der Waals surface area contributed by atoms with Crippen LogP contribution >= 0.6 is 24.0 Å². The third-order valence-corrected chi connectivity index (χ3v) is 3.45. The summed E-state index contributed by atoms with van der Waals surface area (Å²) >= 11 is 0. The molecule has 1 fully saturated rings. The molecule has 0 amide bonds. The van der Waals surface area contributed by atoms with Gasteiger partial charge in [0.1, 0.15) is 0 Å². The summed E-state index contributed by atoms with van der Waals surface area (Å²) in [5.41, 5.74) is 0.352. The van der Waals surface area contributed by atoms with E-state index in [1.165, 1.54) is 6.42 Å². The Morgan fingerprint density at radius 3 is 2.65 bits per heavy atom. The second kappa shape index (κ2) is 9.82. The number of guanidine groups is 1. The number of rotatable bonds is 5. The lowest BCUT2D eigenvalue weighted by atomic mass is 9.92. The van der Waals surface area contributed by atoms with Gasteiger partial charge >= 0.3 is 0 Å². The Hall–Kier alpha value is -0.0400. The van der Waals surface area contributed by atoms with Gasteiger partial charge in [0, 0.05) is 39.2 Å². The van der Waals surface area contributed by atoms with E-state index in [1.807, 2.05) is 0 Å². The van der Waals surface area contributed by atoms with Crippen LogP contribution in [-0.2, 0) is 4.74 Å². The molecule has 1 saturated heterocycles. The van der Waals surface area contributed by atoms with E-state index in [0.717, 1.165) is 45.2 Å². The van der Waals surface area contributed by atoms with Crippen LogP contribution < -0.4 is 5.32 Å². The fourth-order valence-electron chi connectivity index (χ4n) is 2.32. The maximum Gasteiger partial charge on any atom is 0.193 e. The smallest absolute Gasteiger partial charge is 0.193 e. The van der Waals surface area contributed by atoms with Gasteiger partial charge in [0.05, 0.1) is 6.61 Å². The topological polar surface area (TPSA) is 36.9 Å². The molecule has 0 spiro atoms. The van der Waals surface area contributed by atoms with Crippen molar-refractivity contribution in [2.24, 2.45) is 16.3 Å². The maximum absolute atomic E-state index is 5.25. The molecule has 0 aromatic rings. The Kier molecular flexibility index (Phi) is 9.80. The van der Waals surface area contributed by atoms with Crippen LogP contribution in [0.25, 0.3) is 0 Å². The van der Waals surface area contributed by atoms with Gasteiger partial charge < -0.3 is 15.0 Å². The zero-order valence-corrected chi connectivity index (χ0v) is 16.1. The molecule has 1 atom stereocenters. The SMILES string of the molecule is CCNC(=NCCC(C)(C)C)N1CCC(COC)C1.I. The molecule has 0 aliphatic carbocycles. The van der Waals surface area contributed by atoms with Crippen molar-refractivity contribution in [2.45, 2.75) is 40.5 Å². The normalized spacial score (nSPS) is 19.9. The van der Waals surface area contributed by atoms with Crippen molar-refractivity contribution < 1.29 is 4.74 Å². The van der Waals surface area contributed by atoms with Crippen LogP contribution in [0.5, 0.6) is 0 Å². The van der Waals surface area contributed by atoms with E-state index in [4.69, 9.17) is 9.73 Å². The van der Waals surface area contributed by atoms with E-state index in [2.05, 4.69) is 37.9 Å². The standard InChI is InChI=1S/C15H31N3O.HI/c1-6-16-14(17-9-8-15(2,3)4)18-10-7-13(11-18)12-19-5;/h13H,6-12H2,1-5H3,(H,16,17);1H. The highest BCUT2D eigenvalue weighted by Crippen LogP contribution is 2.19. The molecule has 5 heteroatoms. The Bertz CT molecular complexity index is 289. The summed E-state index contributed by atoms with van der Waals surface area (Å²) < 4.78 is 5.25. The third-order valence-electron chi connectivity index (χ3n) is 3.45. The Morgan fingerprint density at radius 1 is 1.40 bits per heavy atom. The van der Waals surface area contributed by atoms with Gasteiger partial charge in [0.2, 0.25) is 0 Å². The van der Waals surface area contributed by atoms with Crippen molar-refractivity contribution in [3.63, 3.8) is 0 Å². The fourth-order valence-corrected chi connectivity index (χ4v) is 2.32. The molecule has 20 heavy (non-hydrogen) atoms. The Balaban J connectivity index is 0.00000361. The molecule has 1 N–H and O–H groups in total. The summed E-state index contributed by atoms with van der Waals surface area (Å²) in [6.07, 6.45) is 2.33. The van der Waals surface area contributed by atoms with Crippen molar-refractivity contribution in [3.8, 4) is 0 Å². The fraction of sp³-hybridized carbons (Fsp3) is 0.933. The first-order valence-electron chi connectivity index (χ1n) is 7.48. The molecule has 1 unspecified atom stereocenters. The number of methoxy groups -OCH3 is 1. The number of likely N-dealkylation sites (tertiary alicyclic amines) is 1. The molecule has 0 aromatic heterocycles. The van der Waals surface area contributed by atoms with E-state index in [1.54, 1.807) is 7.11 Å². The van der Waals surface area contributed by atoms with Crippen LogP contribution in [0.4, 0.5) is 0 Å². The molecule has 0 aromatic carbocycles. The van der Waals surface area contributed by atoms with Crippen molar-refractivity contribution in [3.05, 3.63) is 0 Å². The number of ether oxygens (including phenoxy) is 1. The summed E-state index contributed by atoms with van der Waals surface area (Å²) in [5, 5.41) is 3.41. The predicted octanol–water partition coefficient (Wildman–Crippen LogP) is 2.97. The highest BCUT2D eigenvalue weighted by atomic mass is 127. The Morgan fingerprint density at radius 2 is 2.10 bits per heavy atom. The first-order valence-corrected chi connectivity index (χ1v) is 7.48. The molecule has 120 valence electrons. The van der Waals surface area contributed by atoms with Gasteiger partial charge in [-0.3, -0.25) is 4.99 Å². The van der Waals surface area contributed by atoms with Crippen molar-refractivity contribution in [1.29, 1.82) is 0 Å². The minimum Gasteiger partial charge on any atom is -0.384 e. The number of nitrogens with zero attached hydrogens (tertiary/aromatic N) is 2. The van der Waals surface area contributed by atoms with E-state index >= 15 is 0 Å². The molecule has 1 aliphatic rings. The lowest BCUT2D eigenvalue weighted by molar-refractivity contribution is 0.157. The van der Waals surface area contributed by atoms with Gasteiger partial charge in [-0.25, -0.2) is 0 Å². The van der Waals surface area contributed by atoms with Gasteiger partial charge in [0.25, 0.3) is 0 Å². The lowest BCUT2D eigenvalue weighted by Crippen LogP contribution is -2.40. The largest absolute Gasteiger partial charge is 0.384 e. The van der Waals surface area contributed by atoms with E-state index in [9.17, 15) is 0 Å². The van der Waals surface area contributed by atoms with Crippen molar-refractivity contribution in [2.75, 3.05) is 39.9 Å². The summed E-state index contributed by atoms with van der Waals surface area (Å²) in [4.78, 5) is 7.14. The highest BCUT2D eigenvalue weighted by Gasteiger charge is 2.24. The van der Waals surface area contributed by atoms with E-state index in [-0.39, 0.29) is 24.0 Å². The number of aliphatic imine (C=N–C) groups is 1. The van der Waals surface area contributed by atoms with Crippen molar-refractivity contribution >= 4 is 29.9 Å². The monoisotopic (exact) mass is 397 g/mol. The number of hydrogen-bond acceptors (Lipinski definition) is 2. The third kappa shape index (κ3) is 7.67. The number of hydrogen-bond donors (Lipinski definition) is 1. The average Bonchev–Trinajstić information content (AvgIpc) is 2.75. The van der Waals surface area contributed by atoms with Crippen LogP contribution in [0.15, 0.2) is 4.99 Å². The Labute approximate surface area is 141 Å².